The van der Waals surface area contributed by atoms with Crippen LogP contribution in [0, 0.1) is 11.8 Å². The van der Waals surface area contributed by atoms with Crippen molar-refractivity contribution in [3.63, 3.8) is 0 Å². The van der Waals surface area contributed by atoms with Crippen molar-refractivity contribution in [2.75, 3.05) is 0 Å². The molecule has 0 bridgehead atoms. The molecule has 20 heavy (non-hydrogen) atoms. The van der Waals surface area contributed by atoms with Crippen molar-refractivity contribution in [3.8, 4) is 0 Å². The van der Waals surface area contributed by atoms with Gasteiger partial charge >= 0.3 is 0 Å². The van der Waals surface area contributed by atoms with Crippen LogP contribution in [-0.2, 0) is 0 Å². The Labute approximate surface area is 120 Å². The van der Waals surface area contributed by atoms with Gasteiger partial charge in [0.2, 0.25) is 0 Å². The molecule has 2 aromatic rings. The monoisotopic (exact) mass is 267 g/mol. The first-order valence-electron chi connectivity index (χ1n) is 7.66. The van der Waals surface area contributed by atoms with Crippen LogP contribution in [0.25, 0.3) is 10.8 Å². The molecule has 0 N–H and O–H groups in total. The van der Waals surface area contributed by atoms with Crippen molar-refractivity contribution in [2.45, 2.75) is 39.0 Å². The van der Waals surface area contributed by atoms with Crippen LogP contribution in [0.5, 0.6) is 0 Å². The number of nitrogens with zero attached hydrogens (tertiary/aromatic N) is 1. The number of pyridine rings is 1. The quantitative estimate of drug-likeness (QED) is 0.759. The molecule has 0 unspecified atom stereocenters. The van der Waals surface area contributed by atoms with Crippen LogP contribution in [0.1, 0.15) is 49.4 Å². The molecule has 0 spiro atoms. The van der Waals surface area contributed by atoms with E-state index in [9.17, 15) is 4.79 Å². The van der Waals surface area contributed by atoms with E-state index in [1.54, 1.807) is 6.20 Å². The molecular formula is C18H21NO. The van der Waals surface area contributed by atoms with E-state index in [1.807, 2.05) is 30.5 Å². The zero-order chi connectivity index (χ0) is 13.9. The summed E-state index contributed by atoms with van der Waals surface area (Å²) in [5.74, 6) is 1.32. The van der Waals surface area contributed by atoms with Crippen LogP contribution in [-0.4, -0.2) is 10.8 Å². The van der Waals surface area contributed by atoms with Crippen LogP contribution in [0.15, 0.2) is 36.7 Å². The highest BCUT2D eigenvalue weighted by Crippen LogP contribution is 2.33. The third kappa shape index (κ3) is 2.47. The van der Waals surface area contributed by atoms with Gasteiger partial charge < -0.3 is 0 Å². The van der Waals surface area contributed by atoms with Crippen molar-refractivity contribution in [1.29, 1.82) is 0 Å². The van der Waals surface area contributed by atoms with Crippen LogP contribution < -0.4 is 0 Å². The number of hydrogen-bond donors (Lipinski definition) is 0. The van der Waals surface area contributed by atoms with Gasteiger partial charge in [-0.2, -0.15) is 0 Å². The van der Waals surface area contributed by atoms with E-state index in [0.717, 1.165) is 35.1 Å². The van der Waals surface area contributed by atoms with Gasteiger partial charge in [0.1, 0.15) is 0 Å². The van der Waals surface area contributed by atoms with E-state index in [0.29, 0.717) is 5.78 Å². The predicted molar refractivity (Wildman–Crippen MR) is 81.8 cm³/mol. The number of ketones is 1. The second-order valence-corrected chi connectivity index (χ2v) is 5.90. The Morgan fingerprint density at radius 2 is 1.90 bits per heavy atom. The standard InChI is InChI=1S/C18H21NO/c1-2-13-7-9-14(10-8-13)18(20)17-12-19-11-15-5-3-4-6-16(15)17/h3-6,11-14H,2,7-10H2,1H3. The molecule has 1 aliphatic carbocycles. The Bertz CT molecular complexity index is 606. The summed E-state index contributed by atoms with van der Waals surface area (Å²) >= 11 is 0. The first-order valence-corrected chi connectivity index (χ1v) is 7.66. The largest absolute Gasteiger partial charge is 0.294 e. The molecule has 0 radical (unpaired) electrons. The summed E-state index contributed by atoms with van der Waals surface area (Å²) in [4.78, 5) is 17.0. The van der Waals surface area contributed by atoms with Gasteiger partial charge in [-0.25, -0.2) is 0 Å². The second-order valence-electron chi connectivity index (χ2n) is 5.90. The minimum absolute atomic E-state index is 0.199. The van der Waals surface area contributed by atoms with E-state index < -0.39 is 0 Å². The van der Waals surface area contributed by atoms with Gasteiger partial charge in [0.05, 0.1) is 0 Å². The van der Waals surface area contributed by atoms with Gasteiger partial charge in [-0.1, -0.05) is 37.6 Å². The van der Waals surface area contributed by atoms with Gasteiger partial charge in [0, 0.05) is 29.3 Å². The van der Waals surface area contributed by atoms with Crippen molar-refractivity contribution in [1.82, 2.24) is 4.98 Å². The van der Waals surface area contributed by atoms with Crippen molar-refractivity contribution in [2.24, 2.45) is 11.8 Å². The second kappa shape index (κ2) is 5.74. The fraction of sp³-hybridized carbons (Fsp3) is 0.444. The molecule has 2 nitrogen and oxygen atoms in total. The number of carbonyl (C=O) groups excluding carboxylic acids is 1. The molecule has 0 atom stereocenters. The lowest BCUT2D eigenvalue weighted by atomic mass is 9.77. The van der Waals surface area contributed by atoms with Crippen molar-refractivity contribution >= 4 is 16.6 Å². The Morgan fingerprint density at radius 3 is 2.65 bits per heavy atom. The van der Waals surface area contributed by atoms with Gasteiger partial charge in [0.15, 0.2) is 5.78 Å². The summed E-state index contributed by atoms with van der Waals surface area (Å²) in [5.41, 5.74) is 0.808. The average molecular weight is 267 g/mol. The number of Topliss-reactive ketones (excluding diaryl/α,β-unsaturated/α-hetero) is 1. The Hall–Kier alpha value is -1.70. The van der Waals surface area contributed by atoms with Crippen molar-refractivity contribution < 1.29 is 4.79 Å². The average Bonchev–Trinajstić information content (AvgIpc) is 2.54. The molecule has 1 fully saturated rings. The molecule has 1 heterocycles. The van der Waals surface area contributed by atoms with Crippen LogP contribution in [0.4, 0.5) is 0 Å². The number of hydrogen-bond acceptors (Lipinski definition) is 2. The van der Waals surface area contributed by atoms with Crippen LogP contribution >= 0.6 is 0 Å². The zero-order valence-corrected chi connectivity index (χ0v) is 12.0. The zero-order valence-electron chi connectivity index (χ0n) is 12.0. The van der Waals surface area contributed by atoms with E-state index in [1.165, 1.54) is 19.3 Å². The summed E-state index contributed by atoms with van der Waals surface area (Å²) < 4.78 is 0. The summed E-state index contributed by atoms with van der Waals surface area (Å²) in [6.45, 7) is 2.25. The SMILES string of the molecule is CCC1CCC(C(=O)c2cncc3ccccc23)CC1. The third-order valence-electron chi connectivity index (χ3n) is 4.73. The summed E-state index contributed by atoms with van der Waals surface area (Å²) in [6, 6.07) is 8.03. The first kappa shape index (κ1) is 13.3. The maximum atomic E-state index is 12.8. The Morgan fingerprint density at radius 1 is 1.15 bits per heavy atom. The fourth-order valence-corrected chi connectivity index (χ4v) is 3.37. The summed E-state index contributed by atoms with van der Waals surface area (Å²) in [6.07, 6.45) is 9.31. The number of aromatic nitrogens is 1. The normalized spacial score (nSPS) is 22.9. The maximum absolute atomic E-state index is 12.8. The smallest absolute Gasteiger partial charge is 0.168 e. The Kier molecular flexibility index (Phi) is 3.81. The molecule has 1 aromatic heterocycles. The first-order chi connectivity index (χ1) is 9.79. The molecule has 1 aliphatic rings. The number of rotatable bonds is 3. The molecule has 0 saturated heterocycles. The third-order valence-corrected chi connectivity index (χ3v) is 4.73. The lowest BCUT2D eigenvalue weighted by molar-refractivity contribution is 0.0872. The van der Waals surface area contributed by atoms with Crippen molar-refractivity contribution in [3.05, 3.63) is 42.2 Å². The molecule has 0 amide bonds. The minimum atomic E-state index is 0.199. The molecule has 3 rings (SSSR count). The summed E-state index contributed by atoms with van der Waals surface area (Å²) in [5, 5.41) is 2.10. The van der Waals surface area contributed by atoms with E-state index >= 15 is 0 Å². The highest BCUT2D eigenvalue weighted by atomic mass is 16.1. The number of carbonyl (C=O) groups is 1. The highest BCUT2D eigenvalue weighted by Gasteiger charge is 2.27. The number of fused-ring (bicyclic) bond motifs is 1. The number of benzene rings is 1. The predicted octanol–water partition coefficient (Wildman–Crippen LogP) is 4.63. The fourth-order valence-electron chi connectivity index (χ4n) is 3.37. The Balaban J connectivity index is 1.86. The van der Waals surface area contributed by atoms with E-state index in [-0.39, 0.29) is 5.92 Å². The van der Waals surface area contributed by atoms with E-state index in [4.69, 9.17) is 0 Å². The van der Waals surface area contributed by atoms with Gasteiger partial charge in [-0.05, 0) is 37.0 Å². The summed E-state index contributed by atoms with van der Waals surface area (Å²) in [7, 11) is 0. The molecule has 1 saturated carbocycles. The maximum Gasteiger partial charge on any atom is 0.168 e. The van der Waals surface area contributed by atoms with Gasteiger partial charge in [0.25, 0.3) is 0 Å². The van der Waals surface area contributed by atoms with Gasteiger partial charge in [-0.3, -0.25) is 9.78 Å². The molecular weight excluding hydrogens is 246 g/mol. The molecule has 104 valence electrons. The molecule has 1 aromatic carbocycles. The molecule has 0 aliphatic heterocycles. The lowest BCUT2D eigenvalue weighted by Gasteiger charge is -2.27. The lowest BCUT2D eigenvalue weighted by Crippen LogP contribution is -2.22. The highest BCUT2D eigenvalue weighted by molar-refractivity contribution is 6.08. The van der Waals surface area contributed by atoms with E-state index in [2.05, 4.69) is 11.9 Å². The minimum Gasteiger partial charge on any atom is -0.294 e. The molecule has 2 heteroatoms. The van der Waals surface area contributed by atoms with Crippen LogP contribution in [0.2, 0.25) is 0 Å². The van der Waals surface area contributed by atoms with Gasteiger partial charge in [-0.15, -0.1) is 0 Å². The topological polar surface area (TPSA) is 30.0 Å². The van der Waals surface area contributed by atoms with Crippen LogP contribution in [0.3, 0.4) is 0 Å².